The van der Waals surface area contributed by atoms with Gasteiger partial charge in [0.1, 0.15) is 12.3 Å². The molecule has 2 amide bonds. The van der Waals surface area contributed by atoms with Crippen LogP contribution in [0.2, 0.25) is 5.02 Å². The number of benzene rings is 2. The Hall–Kier alpha value is -2.57. The lowest BCUT2D eigenvalue weighted by Gasteiger charge is -2.16. The van der Waals surface area contributed by atoms with Crippen LogP contribution in [0.1, 0.15) is 15.9 Å². The first kappa shape index (κ1) is 18.8. The summed E-state index contributed by atoms with van der Waals surface area (Å²) in [7, 11) is 3.47. The molecule has 1 atom stereocenters. The molecule has 0 saturated carbocycles. The summed E-state index contributed by atoms with van der Waals surface area (Å²) in [4.78, 5) is 24.8. The molecule has 3 N–H and O–H groups in total. The highest BCUT2D eigenvalue weighted by Gasteiger charge is 2.14. The lowest BCUT2D eigenvalue weighted by atomic mass is 10.2. The van der Waals surface area contributed by atoms with E-state index in [2.05, 4.69) is 10.9 Å². The molecule has 0 bridgehead atoms. The largest absolute Gasteiger partial charge is 0.496 e. The third kappa shape index (κ3) is 5.77. The first-order chi connectivity index (χ1) is 12.0. The summed E-state index contributed by atoms with van der Waals surface area (Å²) in [6.45, 7) is 0.745. The Morgan fingerprint density at radius 3 is 2.52 bits per heavy atom. The predicted molar refractivity (Wildman–Crippen MR) is 95.5 cm³/mol. The summed E-state index contributed by atoms with van der Waals surface area (Å²) in [5, 5.41) is 0.614. The molecule has 0 radical (unpaired) electrons. The second-order valence-corrected chi connectivity index (χ2v) is 6.07. The van der Waals surface area contributed by atoms with Crippen molar-refractivity contribution < 1.29 is 19.2 Å². The van der Waals surface area contributed by atoms with E-state index in [4.69, 9.17) is 16.3 Å². The molecule has 0 aliphatic carbocycles. The maximum Gasteiger partial charge on any atom is 0.293 e. The minimum absolute atomic E-state index is 0.185. The van der Waals surface area contributed by atoms with E-state index in [1.54, 1.807) is 43.5 Å². The van der Waals surface area contributed by atoms with Crippen LogP contribution in [0.3, 0.4) is 0 Å². The van der Waals surface area contributed by atoms with E-state index in [1.807, 2.05) is 19.2 Å². The van der Waals surface area contributed by atoms with Gasteiger partial charge in [0, 0.05) is 16.1 Å². The van der Waals surface area contributed by atoms with E-state index in [9.17, 15) is 9.59 Å². The Kier molecular flexibility index (Phi) is 6.80. The zero-order valence-electron chi connectivity index (χ0n) is 14.1. The number of carbonyl (C=O) groups excluding carboxylic acids is 2. The van der Waals surface area contributed by atoms with E-state index >= 15 is 0 Å². The normalized spacial score (nSPS) is 11.5. The van der Waals surface area contributed by atoms with E-state index in [0.717, 1.165) is 16.2 Å². The molecule has 0 heterocycles. The summed E-state index contributed by atoms with van der Waals surface area (Å²) in [5.41, 5.74) is 6.21. The zero-order valence-corrected chi connectivity index (χ0v) is 14.9. The van der Waals surface area contributed by atoms with Crippen molar-refractivity contribution in [2.45, 2.75) is 6.54 Å². The number of ether oxygens (including phenoxy) is 1. The highest BCUT2D eigenvalue weighted by atomic mass is 35.5. The highest BCUT2D eigenvalue weighted by Crippen LogP contribution is 2.21. The fourth-order valence-corrected chi connectivity index (χ4v) is 2.57. The van der Waals surface area contributed by atoms with Gasteiger partial charge in [-0.25, -0.2) is 0 Å². The summed E-state index contributed by atoms with van der Waals surface area (Å²) >= 11 is 6.01. The van der Waals surface area contributed by atoms with Crippen molar-refractivity contribution in [3.05, 3.63) is 64.7 Å². The van der Waals surface area contributed by atoms with Crippen molar-refractivity contribution in [1.29, 1.82) is 0 Å². The summed E-state index contributed by atoms with van der Waals surface area (Å²) in [6.07, 6.45) is 0. The first-order valence-electron chi connectivity index (χ1n) is 7.77. The van der Waals surface area contributed by atoms with Crippen LogP contribution >= 0.6 is 11.6 Å². The Morgan fingerprint density at radius 1 is 1.12 bits per heavy atom. The molecule has 0 aliphatic heterocycles. The van der Waals surface area contributed by atoms with E-state index in [1.165, 1.54) is 0 Å². The van der Waals surface area contributed by atoms with Gasteiger partial charge in [-0.2, -0.15) is 0 Å². The van der Waals surface area contributed by atoms with Crippen molar-refractivity contribution in [3.8, 4) is 5.75 Å². The first-order valence-corrected chi connectivity index (χ1v) is 8.15. The number of halogens is 1. The number of likely N-dealkylation sites (N-methyl/N-ethyl adjacent to an activating group) is 1. The number of rotatable bonds is 6. The van der Waals surface area contributed by atoms with Crippen LogP contribution < -0.4 is 20.5 Å². The Labute approximate surface area is 151 Å². The van der Waals surface area contributed by atoms with E-state index in [-0.39, 0.29) is 18.4 Å². The molecule has 0 aromatic heterocycles. The van der Waals surface area contributed by atoms with Crippen LogP contribution in [0.25, 0.3) is 0 Å². The van der Waals surface area contributed by atoms with Gasteiger partial charge in [0.2, 0.25) is 0 Å². The number of methoxy groups -OCH3 is 1. The van der Waals surface area contributed by atoms with Crippen LogP contribution in [-0.2, 0) is 11.3 Å². The quantitative estimate of drug-likeness (QED) is 0.666. The van der Waals surface area contributed by atoms with Crippen molar-refractivity contribution in [2.75, 3.05) is 20.7 Å². The molecule has 2 rings (SSSR count). The average Bonchev–Trinajstić information content (AvgIpc) is 2.60. The molecule has 0 aliphatic rings. The highest BCUT2D eigenvalue weighted by molar-refractivity contribution is 6.30. The molecule has 0 saturated heterocycles. The third-order valence-corrected chi connectivity index (χ3v) is 3.78. The molecule has 7 heteroatoms. The van der Waals surface area contributed by atoms with Crippen LogP contribution in [-0.4, -0.2) is 32.5 Å². The fourth-order valence-electron chi connectivity index (χ4n) is 2.38. The van der Waals surface area contributed by atoms with Crippen LogP contribution in [0.5, 0.6) is 5.75 Å². The lowest BCUT2D eigenvalue weighted by molar-refractivity contribution is -0.885. The number of quaternary nitrogens is 1. The van der Waals surface area contributed by atoms with Crippen LogP contribution in [0.15, 0.2) is 48.5 Å². The van der Waals surface area contributed by atoms with Gasteiger partial charge in [0.15, 0.2) is 6.54 Å². The van der Waals surface area contributed by atoms with Gasteiger partial charge in [-0.05, 0) is 30.3 Å². The molecule has 0 spiro atoms. The number of nitrogens with one attached hydrogen (secondary N) is 3. The topological polar surface area (TPSA) is 71.9 Å². The SMILES string of the molecule is COc1ccc(Cl)cc1C[NH+](C)CC(=O)NNC(=O)c1ccccc1. The van der Waals surface area contributed by atoms with Gasteiger partial charge < -0.3 is 9.64 Å². The molecule has 25 heavy (non-hydrogen) atoms. The molecule has 132 valence electrons. The Morgan fingerprint density at radius 2 is 1.84 bits per heavy atom. The Balaban J connectivity index is 1.84. The van der Waals surface area contributed by atoms with Crippen LogP contribution in [0.4, 0.5) is 0 Å². The van der Waals surface area contributed by atoms with E-state index < -0.39 is 0 Å². The Bertz CT molecular complexity index is 738. The van der Waals surface area contributed by atoms with Gasteiger partial charge in [-0.15, -0.1) is 0 Å². The fraction of sp³-hybridized carbons (Fsp3) is 0.222. The number of hydrogen-bond donors (Lipinski definition) is 3. The number of hydrazine groups is 1. The average molecular weight is 363 g/mol. The molecule has 0 fully saturated rings. The van der Waals surface area contributed by atoms with Crippen molar-refractivity contribution >= 4 is 23.4 Å². The lowest BCUT2D eigenvalue weighted by Crippen LogP contribution is -3.09. The standard InChI is InChI=1S/C18H20ClN3O3/c1-22(11-14-10-15(19)8-9-16(14)25-2)12-17(23)20-21-18(24)13-6-4-3-5-7-13/h3-10H,11-12H2,1-2H3,(H,20,23)(H,21,24)/p+1. The minimum Gasteiger partial charge on any atom is -0.496 e. The van der Waals surface area contributed by atoms with Gasteiger partial charge in [0.05, 0.1) is 14.2 Å². The molecule has 2 aromatic rings. The number of carbonyl (C=O) groups is 2. The van der Waals surface area contributed by atoms with Gasteiger partial charge in [-0.1, -0.05) is 29.8 Å². The monoisotopic (exact) mass is 362 g/mol. The molecule has 2 aromatic carbocycles. The summed E-state index contributed by atoms with van der Waals surface area (Å²) in [5.74, 6) is 0.0763. The van der Waals surface area contributed by atoms with Gasteiger partial charge in [0.25, 0.3) is 11.8 Å². The maximum absolute atomic E-state index is 12.0. The van der Waals surface area contributed by atoms with E-state index in [0.29, 0.717) is 17.1 Å². The zero-order chi connectivity index (χ0) is 18.2. The van der Waals surface area contributed by atoms with Crippen molar-refractivity contribution in [2.24, 2.45) is 0 Å². The van der Waals surface area contributed by atoms with Crippen molar-refractivity contribution in [3.63, 3.8) is 0 Å². The number of amides is 2. The maximum atomic E-state index is 12.0. The van der Waals surface area contributed by atoms with Crippen molar-refractivity contribution in [1.82, 2.24) is 10.9 Å². The molecule has 6 nitrogen and oxygen atoms in total. The molecular weight excluding hydrogens is 342 g/mol. The second kappa shape index (κ2) is 9.05. The summed E-state index contributed by atoms with van der Waals surface area (Å²) < 4.78 is 5.30. The smallest absolute Gasteiger partial charge is 0.293 e. The minimum atomic E-state index is -0.358. The van der Waals surface area contributed by atoms with Crippen LogP contribution in [0, 0.1) is 0 Å². The molecule has 1 unspecified atom stereocenters. The number of hydrogen-bond acceptors (Lipinski definition) is 3. The van der Waals surface area contributed by atoms with Gasteiger partial charge >= 0.3 is 0 Å². The molecular formula is C18H21ClN3O3+. The second-order valence-electron chi connectivity index (χ2n) is 5.64. The predicted octanol–water partition coefficient (Wildman–Crippen LogP) is 0.825. The van der Waals surface area contributed by atoms with Gasteiger partial charge in [-0.3, -0.25) is 20.4 Å². The third-order valence-electron chi connectivity index (χ3n) is 3.55. The summed E-state index contributed by atoms with van der Waals surface area (Å²) in [6, 6.07) is 14.0.